The molecule has 0 saturated carbocycles. The topological polar surface area (TPSA) is 57.7 Å². The van der Waals surface area contributed by atoms with Crippen molar-refractivity contribution in [2.75, 3.05) is 13.7 Å². The molecule has 1 aromatic rings. The Labute approximate surface area is 127 Å². The maximum atomic E-state index is 12.3. The van der Waals surface area contributed by atoms with Crippen molar-refractivity contribution in [3.63, 3.8) is 0 Å². The Morgan fingerprint density at radius 1 is 1.43 bits per heavy atom. The van der Waals surface area contributed by atoms with Crippen molar-refractivity contribution in [1.82, 2.24) is 4.98 Å². The Kier molecular flexibility index (Phi) is 6.25. The van der Waals surface area contributed by atoms with E-state index in [4.69, 9.17) is 9.47 Å². The molecular formula is C12H13BrF3NO4. The summed E-state index contributed by atoms with van der Waals surface area (Å²) >= 11 is 3.13. The van der Waals surface area contributed by atoms with Crippen LogP contribution in [0.3, 0.4) is 0 Å². The first-order chi connectivity index (χ1) is 9.80. The normalized spacial score (nSPS) is 11.1. The highest BCUT2D eigenvalue weighted by Crippen LogP contribution is 2.31. The second-order valence-electron chi connectivity index (χ2n) is 3.76. The molecule has 1 aromatic heterocycles. The minimum Gasteiger partial charge on any atom is -0.495 e. The van der Waals surface area contributed by atoms with Gasteiger partial charge in [-0.3, -0.25) is 4.79 Å². The quantitative estimate of drug-likeness (QED) is 0.568. The van der Waals surface area contributed by atoms with Gasteiger partial charge in [0.05, 0.1) is 25.8 Å². The molecule has 0 radical (unpaired) electrons. The van der Waals surface area contributed by atoms with E-state index in [1.807, 2.05) is 0 Å². The zero-order chi connectivity index (χ0) is 16.0. The standard InChI is InChI=1S/C12H13BrF3NO4/c1-3-20-10(18)5-8-11(19-2)7(6-13)4-9(17-8)21-12(14,15)16/h4H,3,5-6H2,1-2H3. The number of hydrogen-bond donors (Lipinski definition) is 0. The summed E-state index contributed by atoms with van der Waals surface area (Å²) in [6, 6.07) is 1.09. The predicted octanol–water partition coefficient (Wildman–Crippen LogP) is 2.99. The Morgan fingerprint density at radius 2 is 2.10 bits per heavy atom. The van der Waals surface area contributed by atoms with Crippen molar-refractivity contribution in [3.8, 4) is 11.6 Å². The molecule has 9 heteroatoms. The maximum absolute atomic E-state index is 12.3. The lowest BCUT2D eigenvalue weighted by Crippen LogP contribution is -2.19. The minimum absolute atomic E-state index is 0.0205. The van der Waals surface area contributed by atoms with Gasteiger partial charge in [-0.1, -0.05) is 15.9 Å². The monoisotopic (exact) mass is 371 g/mol. The van der Waals surface area contributed by atoms with Gasteiger partial charge in [0, 0.05) is 17.0 Å². The van der Waals surface area contributed by atoms with Crippen LogP contribution in [0.4, 0.5) is 13.2 Å². The summed E-state index contributed by atoms with van der Waals surface area (Å²) in [6.07, 6.45) is -5.18. The molecule has 0 bridgehead atoms. The molecule has 0 amide bonds. The van der Waals surface area contributed by atoms with Crippen LogP contribution < -0.4 is 9.47 Å². The number of hydrogen-bond acceptors (Lipinski definition) is 5. The van der Waals surface area contributed by atoms with E-state index in [0.29, 0.717) is 5.56 Å². The fraction of sp³-hybridized carbons (Fsp3) is 0.500. The molecule has 0 fully saturated rings. The second kappa shape index (κ2) is 7.48. The zero-order valence-corrected chi connectivity index (χ0v) is 12.9. The van der Waals surface area contributed by atoms with Crippen LogP contribution in [0.1, 0.15) is 18.2 Å². The Bertz CT molecular complexity index is 508. The first kappa shape index (κ1) is 17.5. The molecule has 0 aliphatic heterocycles. The molecule has 1 heterocycles. The largest absolute Gasteiger partial charge is 0.574 e. The predicted molar refractivity (Wildman–Crippen MR) is 70.4 cm³/mol. The van der Waals surface area contributed by atoms with E-state index in [1.54, 1.807) is 6.92 Å². The first-order valence-corrected chi connectivity index (χ1v) is 6.97. The molecule has 0 atom stereocenters. The molecule has 0 aromatic carbocycles. The smallest absolute Gasteiger partial charge is 0.495 e. The number of ether oxygens (including phenoxy) is 3. The van der Waals surface area contributed by atoms with Gasteiger partial charge in [0.15, 0.2) is 0 Å². The number of nitrogens with zero attached hydrogens (tertiary/aromatic N) is 1. The Hall–Kier alpha value is -1.51. The van der Waals surface area contributed by atoms with E-state index in [2.05, 4.69) is 25.7 Å². The van der Waals surface area contributed by atoms with Gasteiger partial charge < -0.3 is 14.2 Å². The molecule has 5 nitrogen and oxygen atoms in total. The van der Waals surface area contributed by atoms with E-state index in [1.165, 1.54) is 7.11 Å². The van der Waals surface area contributed by atoms with Gasteiger partial charge in [0.2, 0.25) is 5.88 Å². The van der Waals surface area contributed by atoms with Gasteiger partial charge in [-0.2, -0.15) is 0 Å². The van der Waals surface area contributed by atoms with Crippen LogP contribution >= 0.6 is 15.9 Å². The van der Waals surface area contributed by atoms with Gasteiger partial charge in [-0.15, -0.1) is 13.2 Å². The van der Waals surface area contributed by atoms with Crippen LogP contribution in [0, 0.1) is 0 Å². The molecule has 21 heavy (non-hydrogen) atoms. The number of carbonyl (C=O) groups excluding carboxylic acids is 1. The number of carbonyl (C=O) groups is 1. The summed E-state index contributed by atoms with van der Waals surface area (Å²) in [5.41, 5.74) is 0.401. The molecule has 118 valence electrons. The van der Waals surface area contributed by atoms with E-state index >= 15 is 0 Å². The Morgan fingerprint density at radius 3 is 2.57 bits per heavy atom. The molecule has 0 spiro atoms. The summed E-state index contributed by atoms with van der Waals surface area (Å²) in [4.78, 5) is 15.2. The summed E-state index contributed by atoms with van der Waals surface area (Å²) in [6.45, 7) is 1.78. The van der Waals surface area contributed by atoms with E-state index in [0.717, 1.165) is 6.07 Å². The lowest BCUT2D eigenvalue weighted by Gasteiger charge is -2.15. The zero-order valence-electron chi connectivity index (χ0n) is 11.3. The van der Waals surface area contributed by atoms with Crippen molar-refractivity contribution in [1.29, 1.82) is 0 Å². The fourth-order valence-electron chi connectivity index (χ4n) is 1.60. The second-order valence-corrected chi connectivity index (χ2v) is 4.32. The molecule has 0 N–H and O–H groups in total. The van der Waals surface area contributed by atoms with Gasteiger partial charge in [0.1, 0.15) is 5.75 Å². The highest BCUT2D eigenvalue weighted by atomic mass is 79.9. The van der Waals surface area contributed by atoms with E-state index < -0.39 is 18.2 Å². The minimum atomic E-state index is -4.87. The third-order valence-corrected chi connectivity index (χ3v) is 2.89. The van der Waals surface area contributed by atoms with Gasteiger partial charge in [0.25, 0.3) is 0 Å². The molecular weight excluding hydrogens is 359 g/mol. The number of rotatable bonds is 6. The van der Waals surface area contributed by atoms with Crippen molar-refractivity contribution in [3.05, 3.63) is 17.3 Å². The third kappa shape index (κ3) is 5.41. The highest BCUT2D eigenvalue weighted by molar-refractivity contribution is 9.08. The van der Waals surface area contributed by atoms with Gasteiger partial charge in [-0.05, 0) is 6.92 Å². The lowest BCUT2D eigenvalue weighted by molar-refractivity contribution is -0.276. The first-order valence-electron chi connectivity index (χ1n) is 5.84. The lowest BCUT2D eigenvalue weighted by atomic mass is 10.1. The van der Waals surface area contributed by atoms with Crippen molar-refractivity contribution in [2.45, 2.75) is 25.0 Å². The van der Waals surface area contributed by atoms with Crippen LogP contribution in [-0.2, 0) is 21.3 Å². The number of methoxy groups -OCH3 is 1. The SMILES string of the molecule is CCOC(=O)Cc1nc(OC(F)(F)F)cc(CBr)c1OC. The van der Waals surface area contributed by atoms with Crippen LogP contribution in [0.15, 0.2) is 6.07 Å². The summed E-state index contributed by atoms with van der Waals surface area (Å²) in [5.74, 6) is -1.06. The summed E-state index contributed by atoms with van der Waals surface area (Å²) < 4.78 is 50.5. The van der Waals surface area contributed by atoms with Crippen LogP contribution in [0.2, 0.25) is 0 Å². The highest BCUT2D eigenvalue weighted by Gasteiger charge is 2.32. The molecule has 0 aliphatic rings. The van der Waals surface area contributed by atoms with Crippen LogP contribution in [0.5, 0.6) is 11.6 Å². The number of alkyl halides is 4. The van der Waals surface area contributed by atoms with Crippen molar-refractivity contribution < 1.29 is 32.2 Å². The van der Waals surface area contributed by atoms with Gasteiger partial charge >= 0.3 is 12.3 Å². The number of pyridine rings is 1. The van der Waals surface area contributed by atoms with Crippen LogP contribution in [-0.4, -0.2) is 31.0 Å². The van der Waals surface area contributed by atoms with Crippen molar-refractivity contribution in [2.24, 2.45) is 0 Å². The van der Waals surface area contributed by atoms with Crippen LogP contribution in [0.25, 0.3) is 0 Å². The number of halogens is 4. The molecule has 0 unspecified atom stereocenters. The van der Waals surface area contributed by atoms with E-state index in [-0.39, 0.29) is 29.8 Å². The number of esters is 1. The van der Waals surface area contributed by atoms with E-state index in [9.17, 15) is 18.0 Å². The fourth-order valence-corrected chi connectivity index (χ4v) is 2.02. The summed E-state index contributed by atoms with van der Waals surface area (Å²) in [5, 5.41) is 0.211. The number of aromatic nitrogens is 1. The average molecular weight is 372 g/mol. The third-order valence-electron chi connectivity index (χ3n) is 2.28. The Balaban J connectivity index is 3.18. The average Bonchev–Trinajstić information content (AvgIpc) is 2.36. The molecule has 0 saturated heterocycles. The van der Waals surface area contributed by atoms with Crippen molar-refractivity contribution >= 4 is 21.9 Å². The summed E-state index contributed by atoms with van der Waals surface area (Å²) in [7, 11) is 1.34. The molecule has 1 rings (SSSR count). The van der Waals surface area contributed by atoms with Gasteiger partial charge in [-0.25, -0.2) is 4.98 Å². The molecule has 0 aliphatic carbocycles. The maximum Gasteiger partial charge on any atom is 0.574 e.